The lowest BCUT2D eigenvalue weighted by atomic mass is 10.2. The largest absolute Gasteiger partial charge is 0.490 e. The molecule has 0 spiro atoms. The Balaban J connectivity index is 2.14. The normalized spacial score (nSPS) is 10.3. The van der Waals surface area contributed by atoms with Gasteiger partial charge in [-0.25, -0.2) is 0 Å². The summed E-state index contributed by atoms with van der Waals surface area (Å²) in [5.74, 6) is 1.68. The summed E-state index contributed by atoms with van der Waals surface area (Å²) in [6.07, 6.45) is 0.985. The molecule has 0 fully saturated rings. The van der Waals surface area contributed by atoms with Crippen LogP contribution in [0.5, 0.6) is 11.5 Å². The first-order chi connectivity index (χ1) is 10.7. The Morgan fingerprint density at radius 1 is 1.05 bits per heavy atom. The first-order valence-electron chi connectivity index (χ1n) is 7.61. The van der Waals surface area contributed by atoms with Gasteiger partial charge in [-0.1, -0.05) is 25.1 Å². The van der Waals surface area contributed by atoms with Crippen molar-refractivity contribution in [3.63, 3.8) is 0 Å². The molecule has 4 heteroatoms. The smallest absolute Gasteiger partial charge is 0.174 e. The Morgan fingerprint density at radius 2 is 1.82 bits per heavy atom. The van der Waals surface area contributed by atoms with E-state index in [4.69, 9.17) is 9.47 Å². The Hall–Kier alpha value is -1.43. The number of nitrogens with one attached hydrogen (secondary N) is 1. The van der Waals surface area contributed by atoms with Gasteiger partial charge >= 0.3 is 0 Å². The second-order valence-corrected chi connectivity index (χ2v) is 6.07. The van der Waals surface area contributed by atoms with E-state index in [2.05, 4.69) is 59.1 Å². The van der Waals surface area contributed by atoms with E-state index in [1.165, 1.54) is 5.56 Å². The molecule has 0 bridgehead atoms. The fraction of sp³-hybridized carbons (Fsp3) is 0.333. The fourth-order valence-electron chi connectivity index (χ4n) is 2.09. The number of rotatable bonds is 8. The zero-order chi connectivity index (χ0) is 15.8. The molecule has 3 nitrogen and oxygen atoms in total. The molecule has 0 aromatic heterocycles. The average Bonchev–Trinajstić information content (AvgIpc) is 2.53. The van der Waals surface area contributed by atoms with Crippen LogP contribution in [0.4, 0.5) is 5.69 Å². The minimum Gasteiger partial charge on any atom is -0.490 e. The van der Waals surface area contributed by atoms with Crippen molar-refractivity contribution in [2.45, 2.75) is 26.8 Å². The van der Waals surface area contributed by atoms with Gasteiger partial charge in [0.1, 0.15) is 0 Å². The standard InChI is InChI=1S/C18H22INO2/c1-3-10-22-18-16(19)11-14(12-17(18)21-4-2)13-20-15-8-6-5-7-9-15/h5-9,11-12,20H,3-4,10,13H2,1-2H3. The van der Waals surface area contributed by atoms with Crippen LogP contribution in [0.3, 0.4) is 0 Å². The highest BCUT2D eigenvalue weighted by Crippen LogP contribution is 2.34. The van der Waals surface area contributed by atoms with Crippen LogP contribution < -0.4 is 14.8 Å². The summed E-state index contributed by atoms with van der Waals surface area (Å²) in [4.78, 5) is 0. The van der Waals surface area contributed by atoms with E-state index >= 15 is 0 Å². The Morgan fingerprint density at radius 3 is 2.50 bits per heavy atom. The monoisotopic (exact) mass is 411 g/mol. The maximum Gasteiger partial charge on any atom is 0.174 e. The molecule has 0 radical (unpaired) electrons. The molecule has 0 unspecified atom stereocenters. The van der Waals surface area contributed by atoms with Crippen molar-refractivity contribution in [2.24, 2.45) is 0 Å². The van der Waals surface area contributed by atoms with Crippen LogP contribution in [0.25, 0.3) is 0 Å². The summed E-state index contributed by atoms with van der Waals surface area (Å²) in [7, 11) is 0. The third-order valence-electron chi connectivity index (χ3n) is 3.09. The van der Waals surface area contributed by atoms with Crippen molar-refractivity contribution in [1.29, 1.82) is 0 Å². The zero-order valence-electron chi connectivity index (χ0n) is 13.1. The van der Waals surface area contributed by atoms with E-state index in [1.54, 1.807) is 0 Å². The van der Waals surface area contributed by atoms with Crippen LogP contribution in [-0.4, -0.2) is 13.2 Å². The van der Waals surface area contributed by atoms with Crippen molar-refractivity contribution in [3.8, 4) is 11.5 Å². The van der Waals surface area contributed by atoms with E-state index in [-0.39, 0.29) is 0 Å². The van der Waals surface area contributed by atoms with E-state index in [9.17, 15) is 0 Å². The molecule has 0 aliphatic heterocycles. The minimum atomic E-state index is 0.633. The highest BCUT2D eigenvalue weighted by Gasteiger charge is 2.12. The van der Waals surface area contributed by atoms with Gasteiger partial charge in [0.2, 0.25) is 0 Å². The van der Waals surface area contributed by atoms with Gasteiger partial charge in [0, 0.05) is 12.2 Å². The van der Waals surface area contributed by atoms with Crippen molar-refractivity contribution in [1.82, 2.24) is 0 Å². The van der Waals surface area contributed by atoms with Crippen molar-refractivity contribution in [2.75, 3.05) is 18.5 Å². The number of benzene rings is 2. The minimum absolute atomic E-state index is 0.633. The Bertz CT molecular complexity index is 587. The lowest BCUT2D eigenvalue weighted by Crippen LogP contribution is -2.05. The molecule has 118 valence electrons. The molecule has 2 aromatic carbocycles. The third kappa shape index (κ3) is 4.80. The van der Waals surface area contributed by atoms with Crippen LogP contribution in [0.1, 0.15) is 25.8 Å². The van der Waals surface area contributed by atoms with Crippen LogP contribution in [-0.2, 0) is 6.54 Å². The first-order valence-corrected chi connectivity index (χ1v) is 8.69. The molecule has 2 rings (SSSR count). The van der Waals surface area contributed by atoms with E-state index < -0.39 is 0 Å². The predicted octanol–water partition coefficient (Wildman–Crippen LogP) is 5.09. The number of para-hydroxylation sites is 1. The van der Waals surface area contributed by atoms with Gasteiger partial charge in [0.15, 0.2) is 11.5 Å². The van der Waals surface area contributed by atoms with Crippen LogP contribution in [0.15, 0.2) is 42.5 Å². The Labute approximate surface area is 146 Å². The van der Waals surface area contributed by atoms with Gasteiger partial charge in [-0.2, -0.15) is 0 Å². The summed E-state index contributed by atoms with van der Waals surface area (Å²) < 4.78 is 12.7. The molecule has 0 atom stereocenters. The van der Waals surface area contributed by atoms with Crippen molar-refractivity contribution in [3.05, 3.63) is 51.6 Å². The number of hydrogen-bond donors (Lipinski definition) is 1. The molecule has 22 heavy (non-hydrogen) atoms. The van der Waals surface area contributed by atoms with E-state index in [1.807, 2.05) is 25.1 Å². The summed E-state index contributed by atoms with van der Waals surface area (Å²) in [5, 5.41) is 3.42. The molecular weight excluding hydrogens is 389 g/mol. The second-order valence-electron chi connectivity index (χ2n) is 4.91. The molecule has 1 N–H and O–H groups in total. The SMILES string of the molecule is CCCOc1c(I)cc(CNc2ccccc2)cc1OCC. The maximum atomic E-state index is 5.83. The predicted molar refractivity (Wildman–Crippen MR) is 99.9 cm³/mol. The van der Waals surface area contributed by atoms with E-state index in [0.717, 1.165) is 33.7 Å². The van der Waals surface area contributed by atoms with Crippen LogP contribution >= 0.6 is 22.6 Å². The van der Waals surface area contributed by atoms with Gasteiger partial charge < -0.3 is 14.8 Å². The Kier molecular flexibility index (Phi) is 6.83. The molecule has 0 aliphatic carbocycles. The summed E-state index contributed by atoms with van der Waals surface area (Å²) in [5.41, 5.74) is 2.29. The van der Waals surface area contributed by atoms with Crippen molar-refractivity contribution >= 4 is 28.3 Å². The summed E-state index contributed by atoms with van der Waals surface area (Å²) in [6.45, 7) is 6.19. The fourth-order valence-corrected chi connectivity index (χ4v) is 2.91. The molecule has 0 amide bonds. The van der Waals surface area contributed by atoms with E-state index in [0.29, 0.717) is 13.2 Å². The second kappa shape index (κ2) is 8.88. The number of anilines is 1. The average molecular weight is 411 g/mol. The topological polar surface area (TPSA) is 30.5 Å². The third-order valence-corrected chi connectivity index (χ3v) is 3.89. The lowest BCUT2D eigenvalue weighted by Gasteiger charge is -2.15. The molecule has 0 saturated heterocycles. The lowest BCUT2D eigenvalue weighted by molar-refractivity contribution is 0.275. The molecule has 0 aliphatic rings. The van der Waals surface area contributed by atoms with Gasteiger partial charge in [-0.3, -0.25) is 0 Å². The van der Waals surface area contributed by atoms with Gasteiger partial charge in [0.05, 0.1) is 16.8 Å². The zero-order valence-corrected chi connectivity index (χ0v) is 15.2. The quantitative estimate of drug-likeness (QED) is 0.614. The first kappa shape index (κ1) is 16.9. The molecule has 0 saturated carbocycles. The van der Waals surface area contributed by atoms with Gasteiger partial charge in [-0.05, 0) is 65.8 Å². The van der Waals surface area contributed by atoms with Crippen LogP contribution in [0, 0.1) is 3.57 Å². The summed E-state index contributed by atoms with van der Waals surface area (Å²) >= 11 is 2.31. The van der Waals surface area contributed by atoms with Gasteiger partial charge in [0.25, 0.3) is 0 Å². The van der Waals surface area contributed by atoms with Gasteiger partial charge in [-0.15, -0.1) is 0 Å². The molecular formula is C18H22INO2. The number of hydrogen-bond acceptors (Lipinski definition) is 3. The maximum absolute atomic E-state index is 5.83. The molecule has 2 aromatic rings. The van der Waals surface area contributed by atoms with Crippen LogP contribution in [0.2, 0.25) is 0 Å². The van der Waals surface area contributed by atoms with Crippen molar-refractivity contribution < 1.29 is 9.47 Å². The number of ether oxygens (including phenoxy) is 2. The molecule has 0 heterocycles. The highest BCUT2D eigenvalue weighted by atomic mass is 127. The number of halogens is 1. The highest BCUT2D eigenvalue weighted by molar-refractivity contribution is 14.1. The summed E-state index contributed by atoms with van der Waals surface area (Å²) in [6, 6.07) is 14.4.